The highest BCUT2D eigenvalue weighted by molar-refractivity contribution is 6.06. The number of carboxylic acids is 1. The average molecular weight is 292 g/mol. The van der Waals surface area contributed by atoms with Gasteiger partial charge in [0, 0.05) is 5.39 Å². The van der Waals surface area contributed by atoms with Crippen molar-refractivity contribution < 1.29 is 15.0 Å². The summed E-state index contributed by atoms with van der Waals surface area (Å²) in [5.41, 5.74) is 3.10. The summed E-state index contributed by atoms with van der Waals surface area (Å²) >= 11 is 0. The monoisotopic (exact) mass is 292 g/mol. The van der Waals surface area contributed by atoms with E-state index in [2.05, 4.69) is 4.98 Å². The lowest BCUT2D eigenvalue weighted by molar-refractivity contribution is -0.267. The van der Waals surface area contributed by atoms with Crippen LogP contribution >= 0.6 is 0 Å². The van der Waals surface area contributed by atoms with Crippen molar-refractivity contribution in [3.8, 4) is 17.0 Å². The molecule has 0 amide bonds. The van der Waals surface area contributed by atoms with Crippen molar-refractivity contribution in [2.24, 2.45) is 0 Å². The van der Waals surface area contributed by atoms with Gasteiger partial charge in [0.15, 0.2) is 0 Å². The predicted molar refractivity (Wildman–Crippen MR) is 83.1 cm³/mol. The Kier molecular flexibility index (Phi) is 3.29. The van der Waals surface area contributed by atoms with Gasteiger partial charge in [-0.3, -0.25) is 0 Å². The molecule has 0 bridgehead atoms. The van der Waals surface area contributed by atoms with E-state index in [0.29, 0.717) is 27.7 Å². The minimum atomic E-state index is -1.01. The van der Waals surface area contributed by atoms with Crippen LogP contribution in [-0.2, 0) is 0 Å². The van der Waals surface area contributed by atoms with Crippen LogP contribution in [0.3, 0.4) is 0 Å². The van der Waals surface area contributed by atoms with E-state index >= 15 is 0 Å². The van der Waals surface area contributed by atoms with Crippen molar-refractivity contribution in [1.29, 1.82) is 0 Å². The zero-order chi connectivity index (χ0) is 15.9. The van der Waals surface area contributed by atoms with Gasteiger partial charge in [-0.25, -0.2) is 9.78 Å². The quantitative estimate of drug-likeness (QED) is 0.786. The number of pyridine rings is 1. The fraction of sp³-hybridized carbons (Fsp3) is 0.111. The Morgan fingerprint density at radius 1 is 1.14 bits per heavy atom. The van der Waals surface area contributed by atoms with Crippen molar-refractivity contribution in [2.45, 2.75) is 13.8 Å². The van der Waals surface area contributed by atoms with Crippen LogP contribution in [-0.4, -0.2) is 16.1 Å². The Balaban J connectivity index is 2.43. The summed E-state index contributed by atoms with van der Waals surface area (Å²) < 4.78 is 0. The SMILES string of the molecule is Cc1ccc2nc(-c3ccccc3[O-])c(C)c(C(=O)O)c2c1. The van der Waals surface area contributed by atoms with E-state index < -0.39 is 5.97 Å². The van der Waals surface area contributed by atoms with Gasteiger partial charge in [0.05, 0.1) is 16.8 Å². The number of aromatic nitrogens is 1. The van der Waals surface area contributed by atoms with E-state index in [9.17, 15) is 15.0 Å². The fourth-order valence-corrected chi connectivity index (χ4v) is 2.67. The minimum absolute atomic E-state index is 0.166. The van der Waals surface area contributed by atoms with Crippen LogP contribution in [0.4, 0.5) is 0 Å². The number of aryl methyl sites for hydroxylation is 1. The van der Waals surface area contributed by atoms with Gasteiger partial charge in [-0.15, -0.1) is 0 Å². The molecule has 110 valence electrons. The largest absolute Gasteiger partial charge is 0.872 e. The molecule has 0 radical (unpaired) electrons. The first-order valence-electron chi connectivity index (χ1n) is 6.89. The Bertz CT molecular complexity index is 900. The number of aromatic carboxylic acids is 1. The number of hydrogen-bond donors (Lipinski definition) is 1. The van der Waals surface area contributed by atoms with E-state index in [4.69, 9.17) is 0 Å². The van der Waals surface area contributed by atoms with Crippen LogP contribution in [0.2, 0.25) is 0 Å². The molecule has 1 aromatic heterocycles. The van der Waals surface area contributed by atoms with E-state index in [-0.39, 0.29) is 11.3 Å². The molecule has 3 rings (SSSR count). The first-order valence-corrected chi connectivity index (χ1v) is 6.89. The first-order chi connectivity index (χ1) is 10.5. The predicted octanol–water partition coefficient (Wildman–Crippen LogP) is 3.29. The highest BCUT2D eigenvalue weighted by Gasteiger charge is 2.18. The van der Waals surface area contributed by atoms with Crippen molar-refractivity contribution in [3.05, 3.63) is 59.2 Å². The van der Waals surface area contributed by atoms with Gasteiger partial charge in [-0.2, -0.15) is 0 Å². The van der Waals surface area contributed by atoms with Gasteiger partial charge in [-0.05, 0) is 37.1 Å². The van der Waals surface area contributed by atoms with Gasteiger partial charge in [0.2, 0.25) is 0 Å². The van der Waals surface area contributed by atoms with Gasteiger partial charge >= 0.3 is 5.97 Å². The highest BCUT2D eigenvalue weighted by Crippen LogP contribution is 2.33. The van der Waals surface area contributed by atoms with E-state index in [1.165, 1.54) is 6.07 Å². The standard InChI is InChI=1S/C18H15NO3/c1-10-7-8-14-13(9-10)16(18(21)22)11(2)17(19-14)12-5-3-4-6-15(12)20/h3-9,20H,1-2H3,(H,21,22)/p-1. The second-order valence-electron chi connectivity index (χ2n) is 5.28. The summed E-state index contributed by atoms with van der Waals surface area (Å²) in [6.07, 6.45) is 0. The summed E-state index contributed by atoms with van der Waals surface area (Å²) in [5, 5.41) is 22.2. The average Bonchev–Trinajstić information content (AvgIpc) is 2.47. The molecule has 22 heavy (non-hydrogen) atoms. The molecule has 0 aliphatic carbocycles. The van der Waals surface area contributed by atoms with Gasteiger partial charge in [0.25, 0.3) is 0 Å². The van der Waals surface area contributed by atoms with Gasteiger partial charge in [0.1, 0.15) is 0 Å². The van der Waals surface area contributed by atoms with Crippen LogP contribution in [0.25, 0.3) is 22.2 Å². The molecular formula is C18H14NO3-. The van der Waals surface area contributed by atoms with E-state index in [0.717, 1.165) is 5.56 Å². The van der Waals surface area contributed by atoms with E-state index in [1.807, 2.05) is 19.1 Å². The third-order valence-corrected chi connectivity index (χ3v) is 3.74. The van der Waals surface area contributed by atoms with Crippen LogP contribution in [0.15, 0.2) is 42.5 Å². The van der Waals surface area contributed by atoms with Crippen molar-refractivity contribution in [2.75, 3.05) is 0 Å². The number of para-hydroxylation sites is 1. The zero-order valence-corrected chi connectivity index (χ0v) is 12.3. The molecule has 1 heterocycles. The van der Waals surface area contributed by atoms with Crippen molar-refractivity contribution >= 4 is 16.9 Å². The molecule has 0 saturated heterocycles. The van der Waals surface area contributed by atoms with Gasteiger partial charge in [-0.1, -0.05) is 41.6 Å². The number of carbonyl (C=O) groups is 1. The van der Waals surface area contributed by atoms with Crippen molar-refractivity contribution in [3.63, 3.8) is 0 Å². The van der Waals surface area contributed by atoms with E-state index in [1.54, 1.807) is 31.2 Å². The second-order valence-corrected chi connectivity index (χ2v) is 5.28. The van der Waals surface area contributed by atoms with Crippen LogP contribution in [0, 0.1) is 13.8 Å². The molecule has 0 atom stereocenters. The summed E-state index contributed by atoms with van der Waals surface area (Å²) in [6.45, 7) is 3.60. The molecular weight excluding hydrogens is 278 g/mol. The molecule has 0 unspecified atom stereocenters. The molecule has 0 fully saturated rings. The molecule has 0 spiro atoms. The molecule has 0 aliphatic rings. The Labute approximate surface area is 127 Å². The molecule has 0 aliphatic heterocycles. The third-order valence-electron chi connectivity index (χ3n) is 3.74. The first kappa shape index (κ1) is 14.1. The summed E-state index contributed by atoms with van der Waals surface area (Å²) in [6, 6.07) is 12.0. The number of carboxylic acid groups (broad SMARTS) is 1. The minimum Gasteiger partial charge on any atom is -0.872 e. The maximum atomic E-state index is 12.1. The lowest BCUT2D eigenvalue weighted by Crippen LogP contribution is -2.06. The number of rotatable bonds is 2. The van der Waals surface area contributed by atoms with Crippen LogP contribution < -0.4 is 5.11 Å². The zero-order valence-electron chi connectivity index (χ0n) is 12.3. The summed E-state index contributed by atoms with van der Waals surface area (Å²) in [7, 11) is 0. The summed E-state index contributed by atoms with van der Waals surface area (Å²) in [4.78, 5) is 16.2. The molecule has 0 saturated carbocycles. The normalized spacial score (nSPS) is 10.8. The smallest absolute Gasteiger partial charge is 0.336 e. The fourth-order valence-electron chi connectivity index (χ4n) is 2.67. The lowest BCUT2D eigenvalue weighted by Gasteiger charge is -2.17. The second kappa shape index (κ2) is 5.15. The number of hydrogen-bond acceptors (Lipinski definition) is 3. The van der Waals surface area contributed by atoms with Gasteiger partial charge < -0.3 is 10.2 Å². The Hall–Kier alpha value is -2.88. The molecule has 4 heteroatoms. The number of fused-ring (bicyclic) bond motifs is 1. The topological polar surface area (TPSA) is 73.2 Å². The Morgan fingerprint density at radius 2 is 1.86 bits per heavy atom. The van der Waals surface area contributed by atoms with Crippen molar-refractivity contribution in [1.82, 2.24) is 4.98 Å². The van der Waals surface area contributed by atoms with Crippen LogP contribution in [0.1, 0.15) is 21.5 Å². The maximum absolute atomic E-state index is 12.1. The maximum Gasteiger partial charge on any atom is 0.336 e. The molecule has 1 N–H and O–H groups in total. The molecule has 2 aromatic carbocycles. The lowest BCUT2D eigenvalue weighted by atomic mass is 9.96. The number of benzene rings is 2. The van der Waals surface area contributed by atoms with Crippen LogP contribution in [0.5, 0.6) is 5.75 Å². The summed E-state index contributed by atoms with van der Waals surface area (Å²) in [5.74, 6) is -1.18. The molecule has 4 nitrogen and oxygen atoms in total. The number of nitrogens with zero attached hydrogens (tertiary/aromatic N) is 1. The highest BCUT2D eigenvalue weighted by atomic mass is 16.4. The Morgan fingerprint density at radius 3 is 2.55 bits per heavy atom. The molecule has 3 aromatic rings. The third kappa shape index (κ3) is 2.19.